The number of carbonyl (C=O) groups is 1. The number of anilines is 1. The maximum Gasteiger partial charge on any atom is 0.349 e. The molecule has 1 amide bonds. The van der Waals surface area contributed by atoms with Crippen molar-refractivity contribution in [1.82, 2.24) is 9.88 Å². The molecule has 1 aliphatic heterocycles. The number of thiazole rings is 1. The van der Waals surface area contributed by atoms with Gasteiger partial charge in [-0.3, -0.25) is 14.6 Å². The number of benzene rings is 3. The van der Waals surface area contributed by atoms with Crippen LogP contribution in [0.4, 0.5) is 5.13 Å². The SMILES string of the molecule is Cc1ccc2nc(N(CCN3CCOCC3)C(=O)c3cc4c(ccc5ccccc54)oc3=O)sc2c1.Cl. The van der Waals surface area contributed by atoms with E-state index in [1.807, 2.05) is 49.4 Å². The standard InChI is InChI=1S/C28H25N3O4S.ClH/c1-18-6-8-23-25(16-18)36-28(29-23)31(11-10-30-12-14-34-15-13-30)26(32)22-17-21-20-5-3-2-4-19(20)7-9-24(21)35-27(22)33;/h2-9,16-17H,10-15H2,1H3;1H. The molecule has 0 atom stereocenters. The van der Waals surface area contributed by atoms with Crippen molar-refractivity contribution in [1.29, 1.82) is 0 Å². The fraction of sp³-hybridized carbons (Fsp3) is 0.250. The molecule has 37 heavy (non-hydrogen) atoms. The largest absolute Gasteiger partial charge is 0.422 e. The molecule has 5 aromatic rings. The Morgan fingerprint density at radius 1 is 1.05 bits per heavy atom. The third-order valence-corrected chi connectivity index (χ3v) is 7.67. The summed E-state index contributed by atoms with van der Waals surface area (Å²) in [5.41, 5.74) is 1.80. The molecule has 0 saturated carbocycles. The maximum atomic E-state index is 14.0. The summed E-state index contributed by atoms with van der Waals surface area (Å²) in [5, 5.41) is 3.27. The Labute approximate surface area is 223 Å². The molecule has 2 aromatic heterocycles. The van der Waals surface area contributed by atoms with Gasteiger partial charge in [0.1, 0.15) is 11.1 Å². The topological polar surface area (TPSA) is 75.9 Å². The summed E-state index contributed by atoms with van der Waals surface area (Å²) in [6, 6.07) is 19.3. The summed E-state index contributed by atoms with van der Waals surface area (Å²) in [7, 11) is 0. The van der Waals surface area contributed by atoms with Crippen molar-refractivity contribution >= 4 is 66.7 Å². The summed E-state index contributed by atoms with van der Waals surface area (Å²) in [6.07, 6.45) is 0. The zero-order valence-corrected chi connectivity index (χ0v) is 21.9. The number of fused-ring (bicyclic) bond motifs is 4. The molecule has 0 radical (unpaired) electrons. The second-order valence-electron chi connectivity index (χ2n) is 9.02. The minimum Gasteiger partial charge on any atom is -0.422 e. The lowest BCUT2D eigenvalue weighted by atomic mass is 10.0. The fourth-order valence-electron chi connectivity index (χ4n) is 4.65. The fourth-order valence-corrected chi connectivity index (χ4v) is 5.74. The van der Waals surface area contributed by atoms with Gasteiger partial charge >= 0.3 is 5.63 Å². The Morgan fingerprint density at radius 2 is 1.86 bits per heavy atom. The van der Waals surface area contributed by atoms with Crippen LogP contribution in [0.3, 0.4) is 0 Å². The highest BCUT2D eigenvalue weighted by atomic mass is 35.5. The number of amides is 1. The Hall–Kier alpha value is -3.30. The van der Waals surface area contributed by atoms with E-state index in [2.05, 4.69) is 11.0 Å². The van der Waals surface area contributed by atoms with Crippen LogP contribution in [0.15, 0.2) is 69.9 Å². The Balaban J connectivity index is 0.00000280. The van der Waals surface area contributed by atoms with Crippen LogP contribution in [0.1, 0.15) is 15.9 Å². The lowest BCUT2D eigenvalue weighted by Gasteiger charge is -2.29. The van der Waals surface area contributed by atoms with Gasteiger partial charge in [-0.25, -0.2) is 9.78 Å². The smallest absolute Gasteiger partial charge is 0.349 e. The van der Waals surface area contributed by atoms with Gasteiger partial charge in [0.05, 0.1) is 23.4 Å². The van der Waals surface area contributed by atoms with Crippen LogP contribution in [0.5, 0.6) is 0 Å². The molecule has 190 valence electrons. The summed E-state index contributed by atoms with van der Waals surface area (Å²) in [5.74, 6) is -0.400. The summed E-state index contributed by atoms with van der Waals surface area (Å²) in [4.78, 5) is 35.6. The van der Waals surface area contributed by atoms with Gasteiger partial charge in [0, 0.05) is 31.6 Å². The number of nitrogens with zero attached hydrogens (tertiary/aromatic N) is 3. The number of aromatic nitrogens is 1. The van der Waals surface area contributed by atoms with Crippen LogP contribution < -0.4 is 10.5 Å². The van der Waals surface area contributed by atoms with E-state index in [0.29, 0.717) is 37.0 Å². The van der Waals surface area contributed by atoms with Crippen molar-refractivity contribution in [2.75, 3.05) is 44.3 Å². The molecular formula is C28H26ClN3O4S. The first kappa shape index (κ1) is 25.4. The molecule has 6 rings (SSSR count). The number of ether oxygens (including phenoxy) is 1. The predicted octanol–water partition coefficient (Wildman–Crippen LogP) is 5.27. The van der Waals surface area contributed by atoms with Gasteiger partial charge in [-0.05, 0) is 47.5 Å². The highest BCUT2D eigenvalue weighted by Crippen LogP contribution is 2.31. The van der Waals surface area contributed by atoms with Gasteiger partial charge in [-0.15, -0.1) is 12.4 Å². The molecule has 1 fully saturated rings. The van der Waals surface area contributed by atoms with Crippen LogP contribution in [0.25, 0.3) is 32.0 Å². The van der Waals surface area contributed by atoms with Crippen LogP contribution in [0, 0.1) is 6.92 Å². The van der Waals surface area contributed by atoms with E-state index in [1.54, 1.807) is 17.0 Å². The maximum absolute atomic E-state index is 14.0. The molecule has 7 nitrogen and oxygen atoms in total. The first-order valence-corrected chi connectivity index (χ1v) is 12.8. The zero-order chi connectivity index (χ0) is 24.6. The quantitative estimate of drug-likeness (QED) is 0.225. The van der Waals surface area contributed by atoms with E-state index in [1.165, 1.54) is 11.3 Å². The van der Waals surface area contributed by atoms with Crippen LogP contribution >= 0.6 is 23.7 Å². The van der Waals surface area contributed by atoms with Crippen LogP contribution in [0.2, 0.25) is 0 Å². The zero-order valence-electron chi connectivity index (χ0n) is 20.3. The van der Waals surface area contributed by atoms with E-state index in [4.69, 9.17) is 14.1 Å². The van der Waals surface area contributed by atoms with E-state index >= 15 is 0 Å². The first-order valence-electron chi connectivity index (χ1n) is 12.0. The molecule has 9 heteroatoms. The second kappa shape index (κ2) is 10.6. The molecular weight excluding hydrogens is 510 g/mol. The van der Waals surface area contributed by atoms with Crippen molar-refractivity contribution in [2.45, 2.75) is 6.92 Å². The van der Waals surface area contributed by atoms with Gasteiger partial charge in [-0.2, -0.15) is 0 Å². The Morgan fingerprint density at radius 3 is 2.70 bits per heavy atom. The number of halogens is 1. The number of rotatable bonds is 5. The molecule has 0 aliphatic carbocycles. The van der Waals surface area contributed by atoms with Gasteiger partial charge < -0.3 is 9.15 Å². The van der Waals surface area contributed by atoms with E-state index < -0.39 is 11.5 Å². The van der Waals surface area contributed by atoms with E-state index in [9.17, 15) is 9.59 Å². The van der Waals surface area contributed by atoms with Crippen LogP contribution in [-0.2, 0) is 4.74 Å². The monoisotopic (exact) mass is 535 g/mol. The average molecular weight is 536 g/mol. The molecule has 3 heterocycles. The third-order valence-electron chi connectivity index (χ3n) is 6.62. The first-order chi connectivity index (χ1) is 17.6. The highest BCUT2D eigenvalue weighted by molar-refractivity contribution is 7.22. The molecule has 0 unspecified atom stereocenters. The molecule has 0 N–H and O–H groups in total. The average Bonchev–Trinajstić information content (AvgIpc) is 3.31. The van der Waals surface area contributed by atoms with Crippen LogP contribution in [-0.4, -0.2) is 55.2 Å². The normalized spacial score (nSPS) is 14.2. The second-order valence-corrected chi connectivity index (χ2v) is 10.0. The van der Waals surface area contributed by atoms with Crippen molar-refractivity contribution in [3.63, 3.8) is 0 Å². The van der Waals surface area contributed by atoms with Gasteiger partial charge in [-0.1, -0.05) is 47.7 Å². The number of morpholine rings is 1. The number of hydrogen-bond donors (Lipinski definition) is 0. The number of hydrogen-bond acceptors (Lipinski definition) is 7. The lowest BCUT2D eigenvalue weighted by Crippen LogP contribution is -2.44. The Kier molecular flexibility index (Phi) is 7.26. The Bertz CT molecular complexity index is 1660. The summed E-state index contributed by atoms with van der Waals surface area (Å²) < 4.78 is 12.1. The van der Waals surface area contributed by atoms with Crippen molar-refractivity contribution in [3.8, 4) is 0 Å². The highest BCUT2D eigenvalue weighted by Gasteiger charge is 2.26. The number of carbonyl (C=O) groups excluding carboxylic acids is 1. The molecule has 0 spiro atoms. The number of aryl methyl sites for hydroxylation is 1. The van der Waals surface area contributed by atoms with Crippen molar-refractivity contribution in [3.05, 3.63) is 82.2 Å². The minimum atomic E-state index is -0.642. The lowest BCUT2D eigenvalue weighted by molar-refractivity contribution is 0.0391. The third kappa shape index (κ3) is 4.98. The van der Waals surface area contributed by atoms with E-state index in [0.717, 1.165) is 45.0 Å². The summed E-state index contributed by atoms with van der Waals surface area (Å²) in [6.45, 7) is 6.07. The van der Waals surface area contributed by atoms with Gasteiger partial charge in [0.15, 0.2) is 5.13 Å². The van der Waals surface area contributed by atoms with E-state index in [-0.39, 0.29) is 18.0 Å². The van der Waals surface area contributed by atoms with Crippen molar-refractivity contribution in [2.24, 2.45) is 0 Å². The van der Waals surface area contributed by atoms with Crippen molar-refractivity contribution < 1.29 is 13.9 Å². The molecule has 1 aliphatic rings. The predicted molar refractivity (Wildman–Crippen MR) is 151 cm³/mol. The minimum absolute atomic E-state index is 0. The molecule has 3 aromatic carbocycles. The molecule has 1 saturated heterocycles. The van der Waals surface area contributed by atoms with Gasteiger partial charge in [0.2, 0.25) is 0 Å². The summed E-state index contributed by atoms with van der Waals surface area (Å²) >= 11 is 1.46. The van der Waals surface area contributed by atoms with Gasteiger partial charge in [0.25, 0.3) is 5.91 Å². The molecule has 0 bridgehead atoms.